The molecule has 11 nitrogen and oxygen atoms in total. The fourth-order valence-corrected chi connectivity index (χ4v) is 5.82. The predicted octanol–water partition coefficient (Wildman–Crippen LogP) is 0.0971. The van der Waals surface area contributed by atoms with Crippen LogP contribution in [0, 0.1) is 0 Å². The number of methoxy groups -OCH3 is 2. The monoisotopic (exact) mass is 486 g/mol. The van der Waals surface area contributed by atoms with Crippen molar-refractivity contribution in [3.8, 4) is 11.5 Å². The van der Waals surface area contributed by atoms with Crippen molar-refractivity contribution in [2.24, 2.45) is 7.05 Å². The Bertz CT molecular complexity index is 1210. The Morgan fingerprint density at radius 3 is 2.22 bits per heavy atom. The second-order valence-electron chi connectivity index (χ2n) is 7.09. The van der Waals surface area contributed by atoms with Gasteiger partial charge >= 0.3 is 0 Å². The Kier molecular flexibility index (Phi) is 6.83. The van der Waals surface area contributed by atoms with E-state index < -0.39 is 20.0 Å². The van der Waals surface area contributed by atoms with Gasteiger partial charge in [-0.3, -0.25) is 4.79 Å². The molecule has 1 fully saturated rings. The number of piperazine rings is 1. The molecule has 1 aromatic heterocycles. The lowest BCUT2D eigenvalue weighted by atomic mass is 10.3. The first-order chi connectivity index (χ1) is 15.0. The Hall–Kier alpha value is -2.61. The highest BCUT2D eigenvalue weighted by atomic mass is 32.2. The van der Waals surface area contributed by atoms with Crippen LogP contribution in [-0.4, -0.2) is 84.0 Å². The number of benzene rings is 1. The van der Waals surface area contributed by atoms with Gasteiger partial charge in [-0.2, -0.15) is 4.31 Å². The van der Waals surface area contributed by atoms with Crippen LogP contribution in [-0.2, 0) is 27.1 Å². The molecule has 176 valence electrons. The van der Waals surface area contributed by atoms with E-state index in [1.165, 1.54) is 59.4 Å². The van der Waals surface area contributed by atoms with E-state index in [2.05, 4.69) is 4.72 Å². The molecule has 2 aromatic rings. The van der Waals surface area contributed by atoms with E-state index in [-0.39, 0.29) is 53.3 Å². The van der Waals surface area contributed by atoms with Gasteiger partial charge in [-0.25, -0.2) is 21.6 Å². The van der Waals surface area contributed by atoms with Gasteiger partial charge in [0, 0.05) is 45.5 Å². The molecule has 0 bridgehead atoms. The summed E-state index contributed by atoms with van der Waals surface area (Å²) >= 11 is 0. The van der Waals surface area contributed by atoms with Gasteiger partial charge in [0.15, 0.2) is 0 Å². The van der Waals surface area contributed by atoms with Gasteiger partial charge < -0.3 is 18.9 Å². The minimum absolute atomic E-state index is 0.0107. The molecule has 1 aliphatic rings. The largest absolute Gasteiger partial charge is 0.497 e. The average Bonchev–Trinajstić information content (AvgIpc) is 3.20. The van der Waals surface area contributed by atoms with Crippen molar-refractivity contribution >= 4 is 26.0 Å². The standard InChI is InChI=1S/C19H26N4O7S2/c1-20-31(25,26)15-12-16(21(2)13-15)19(24)22-7-9-23(10-8-22)32(27,28)18-11-14(29-3)5-6-17(18)30-4/h5-6,11-13,20H,7-10H2,1-4H3. The lowest BCUT2D eigenvalue weighted by molar-refractivity contribution is 0.0688. The van der Waals surface area contributed by atoms with E-state index >= 15 is 0 Å². The third-order valence-electron chi connectivity index (χ3n) is 5.29. The molecule has 0 spiro atoms. The summed E-state index contributed by atoms with van der Waals surface area (Å²) in [5.41, 5.74) is 0.199. The number of carbonyl (C=O) groups is 1. The van der Waals surface area contributed by atoms with Gasteiger partial charge in [-0.1, -0.05) is 0 Å². The fourth-order valence-electron chi connectivity index (χ4n) is 3.43. The van der Waals surface area contributed by atoms with E-state index in [1.807, 2.05) is 0 Å². The number of nitrogens with zero attached hydrogens (tertiary/aromatic N) is 3. The minimum Gasteiger partial charge on any atom is -0.497 e. The molecule has 1 saturated heterocycles. The number of aryl methyl sites for hydroxylation is 1. The van der Waals surface area contributed by atoms with E-state index in [4.69, 9.17) is 9.47 Å². The van der Waals surface area contributed by atoms with Crippen LogP contribution in [0.1, 0.15) is 10.5 Å². The van der Waals surface area contributed by atoms with Crippen LogP contribution in [0.3, 0.4) is 0 Å². The van der Waals surface area contributed by atoms with Crippen LogP contribution >= 0.6 is 0 Å². The lowest BCUT2D eigenvalue weighted by Crippen LogP contribution is -2.50. The summed E-state index contributed by atoms with van der Waals surface area (Å²) in [5.74, 6) is 0.210. The lowest BCUT2D eigenvalue weighted by Gasteiger charge is -2.34. The van der Waals surface area contributed by atoms with Gasteiger partial charge in [0.05, 0.1) is 14.2 Å². The highest BCUT2D eigenvalue weighted by molar-refractivity contribution is 7.89. The fraction of sp³-hybridized carbons (Fsp3) is 0.421. The van der Waals surface area contributed by atoms with Crippen LogP contribution < -0.4 is 14.2 Å². The first kappa shape index (κ1) is 24.0. The predicted molar refractivity (Wildman–Crippen MR) is 116 cm³/mol. The molecule has 0 atom stereocenters. The molecule has 0 aliphatic carbocycles. The number of amides is 1. The zero-order valence-corrected chi connectivity index (χ0v) is 19.9. The highest BCUT2D eigenvalue weighted by Crippen LogP contribution is 2.31. The number of carbonyl (C=O) groups excluding carboxylic acids is 1. The summed E-state index contributed by atoms with van der Waals surface area (Å²) in [6.45, 7) is 0.480. The van der Waals surface area contributed by atoms with Crippen molar-refractivity contribution < 1.29 is 31.1 Å². The quantitative estimate of drug-likeness (QED) is 0.588. The van der Waals surface area contributed by atoms with Crippen LogP contribution in [0.2, 0.25) is 0 Å². The van der Waals surface area contributed by atoms with Gasteiger partial charge in [0.1, 0.15) is 27.0 Å². The highest BCUT2D eigenvalue weighted by Gasteiger charge is 2.33. The third kappa shape index (κ3) is 4.46. The Morgan fingerprint density at radius 1 is 1.00 bits per heavy atom. The SMILES string of the molecule is CNS(=O)(=O)c1cc(C(=O)N2CCN(S(=O)(=O)c3cc(OC)ccc3OC)CC2)n(C)c1. The molecule has 1 aliphatic heterocycles. The van der Waals surface area contributed by atoms with Crippen molar-refractivity contribution in [1.29, 1.82) is 0 Å². The Labute approximate surface area is 187 Å². The zero-order chi connectivity index (χ0) is 23.7. The molecule has 13 heteroatoms. The molecule has 0 unspecified atom stereocenters. The average molecular weight is 487 g/mol. The number of nitrogens with one attached hydrogen (secondary N) is 1. The van der Waals surface area contributed by atoms with Crippen molar-refractivity contribution in [3.63, 3.8) is 0 Å². The maximum absolute atomic E-state index is 13.2. The molecule has 2 heterocycles. The number of ether oxygens (including phenoxy) is 2. The smallest absolute Gasteiger partial charge is 0.270 e. The van der Waals surface area contributed by atoms with Crippen molar-refractivity contribution in [1.82, 2.24) is 18.5 Å². The minimum atomic E-state index is -3.88. The van der Waals surface area contributed by atoms with Gasteiger partial charge in [-0.05, 0) is 25.2 Å². The Balaban J connectivity index is 1.78. The molecular formula is C19H26N4O7S2. The second-order valence-corrected chi connectivity index (χ2v) is 10.9. The molecule has 32 heavy (non-hydrogen) atoms. The van der Waals surface area contributed by atoms with E-state index in [9.17, 15) is 21.6 Å². The molecule has 1 amide bonds. The number of hydrogen-bond donors (Lipinski definition) is 1. The molecule has 1 aromatic carbocycles. The van der Waals surface area contributed by atoms with Crippen LogP contribution in [0.25, 0.3) is 0 Å². The number of hydrogen-bond acceptors (Lipinski definition) is 7. The zero-order valence-electron chi connectivity index (χ0n) is 18.2. The van der Waals surface area contributed by atoms with Crippen LogP contribution in [0.5, 0.6) is 11.5 Å². The maximum Gasteiger partial charge on any atom is 0.270 e. The summed E-state index contributed by atoms with van der Waals surface area (Å²) in [4.78, 5) is 14.4. The van der Waals surface area contributed by atoms with Gasteiger partial charge in [-0.15, -0.1) is 0 Å². The first-order valence-corrected chi connectivity index (χ1v) is 12.6. The van der Waals surface area contributed by atoms with Gasteiger partial charge in [0.2, 0.25) is 20.0 Å². The summed E-state index contributed by atoms with van der Waals surface area (Å²) in [7, 11) is -1.86. The number of sulfonamides is 2. The topological polar surface area (TPSA) is 127 Å². The van der Waals surface area contributed by atoms with E-state index in [0.29, 0.717) is 5.75 Å². The second kappa shape index (κ2) is 9.10. The molecule has 1 N–H and O–H groups in total. The first-order valence-electron chi connectivity index (χ1n) is 9.66. The van der Waals surface area contributed by atoms with Gasteiger partial charge in [0.25, 0.3) is 5.91 Å². The summed E-state index contributed by atoms with van der Waals surface area (Å²) in [6, 6.07) is 5.84. The maximum atomic E-state index is 13.2. The Morgan fingerprint density at radius 2 is 1.66 bits per heavy atom. The van der Waals surface area contributed by atoms with E-state index in [0.717, 1.165) is 0 Å². The van der Waals surface area contributed by atoms with E-state index in [1.54, 1.807) is 13.1 Å². The summed E-state index contributed by atoms with van der Waals surface area (Å²) in [5, 5.41) is 0. The molecule has 3 rings (SSSR count). The summed E-state index contributed by atoms with van der Waals surface area (Å²) < 4.78 is 65.7. The molecule has 0 saturated carbocycles. The van der Waals surface area contributed by atoms with Crippen LogP contribution in [0.4, 0.5) is 0 Å². The van der Waals surface area contributed by atoms with Crippen molar-refractivity contribution in [3.05, 3.63) is 36.2 Å². The number of rotatable bonds is 7. The number of aromatic nitrogens is 1. The molecule has 0 radical (unpaired) electrons. The van der Waals surface area contributed by atoms with Crippen LogP contribution in [0.15, 0.2) is 40.3 Å². The summed E-state index contributed by atoms with van der Waals surface area (Å²) in [6.07, 6.45) is 1.36. The molecular weight excluding hydrogens is 460 g/mol. The third-order valence-corrected chi connectivity index (χ3v) is 8.59. The van der Waals surface area contributed by atoms with Crippen molar-refractivity contribution in [2.75, 3.05) is 47.4 Å². The normalized spacial score (nSPS) is 15.6. The van der Waals surface area contributed by atoms with Crippen molar-refractivity contribution in [2.45, 2.75) is 9.79 Å².